The molecule has 0 aliphatic rings. The molecule has 0 aliphatic carbocycles. The van der Waals surface area contributed by atoms with E-state index in [2.05, 4.69) is 5.32 Å². The first-order valence-corrected chi connectivity index (χ1v) is 7.78. The lowest BCUT2D eigenvalue weighted by Gasteiger charge is -2.19. The van der Waals surface area contributed by atoms with Gasteiger partial charge in [-0.3, -0.25) is 9.59 Å². The van der Waals surface area contributed by atoms with Gasteiger partial charge in [-0.15, -0.1) is 0 Å². The van der Waals surface area contributed by atoms with Crippen LogP contribution in [0.1, 0.15) is 40.9 Å². The van der Waals surface area contributed by atoms with E-state index in [4.69, 9.17) is 4.74 Å². The van der Waals surface area contributed by atoms with Gasteiger partial charge in [-0.2, -0.15) is 0 Å². The lowest BCUT2D eigenvalue weighted by molar-refractivity contribution is -0.143. The van der Waals surface area contributed by atoms with Crippen LogP contribution in [0.25, 0.3) is 0 Å². The molecule has 24 heavy (non-hydrogen) atoms. The van der Waals surface area contributed by atoms with E-state index < -0.39 is 11.9 Å². The van der Waals surface area contributed by atoms with Crippen LogP contribution in [-0.2, 0) is 9.53 Å². The first kappa shape index (κ1) is 17.7. The Hall–Kier alpha value is -2.69. The molecule has 2 rings (SSSR count). The third-order valence-corrected chi connectivity index (χ3v) is 3.57. The summed E-state index contributed by atoms with van der Waals surface area (Å²) in [6.07, 6.45) is 0.0316. The Labute approximate surface area is 140 Å². The minimum atomic E-state index is -0.512. The Balaban J connectivity index is 2.18. The van der Waals surface area contributed by atoms with Crippen molar-refractivity contribution in [2.45, 2.75) is 26.3 Å². The maximum atomic E-state index is 13.0. The van der Waals surface area contributed by atoms with Crippen LogP contribution in [0.5, 0.6) is 0 Å². The molecule has 2 aromatic rings. The molecular weight excluding hydrogens is 309 g/mol. The zero-order valence-corrected chi connectivity index (χ0v) is 13.7. The van der Waals surface area contributed by atoms with Crippen molar-refractivity contribution in [2.75, 3.05) is 6.61 Å². The summed E-state index contributed by atoms with van der Waals surface area (Å²) in [4.78, 5) is 24.2. The molecule has 5 heteroatoms. The number of rotatable bonds is 6. The van der Waals surface area contributed by atoms with Gasteiger partial charge in [0, 0.05) is 5.56 Å². The molecule has 0 saturated carbocycles. The van der Waals surface area contributed by atoms with Crippen LogP contribution in [-0.4, -0.2) is 18.5 Å². The van der Waals surface area contributed by atoms with Crippen molar-refractivity contribution in [2.24, 2.45) is 0 Å². The smallest absolute Gasteiger partial charge is 0.308 e. The van der Waals surface area contributed by atoms with E-state index in [1.165, 1.54) is 24.3 Å². The van der Waals surface area contributed by atoms with Crippen LogP contribution in [0.2, 0.25) is 0 Å². The minimum Gasteiger partial charge on any atom is -0.466 e. The molecule has 0 fully saturated rings. The molecule has 1 atom stereocenters. The van der Waals surface area contributed by atoms with Gasteiger partial charge in [0.2, 0.25) is 0 Å². The largest absolute Gasteiger partial charge is 0.466 e. The van der Waals surface area contributed by atoms with Crippen molar-refractivity contribution in [3.05, 3.63) is 71.0 Å². The number of hydrogen-bond acceptors (Lipinski definition) is 3. The quantitative estimate of drug-likeness (QED) is 0.825. The number of amides is 1. The topological polar surface area (TPSA) is 55.4 Å². The molecule has 2 aromatic carbocycles. The Morgan fingerprint density at radius 3 is 2.29 bits per heavy atom. The normalized spacial score (nSPS) is 11.6. The average molecular weight is 329 g/mol. The van der Waals surface area contributed by atoms with Crippen molar-refractivity contribution in [1.82, 2.24) is 5.32 Å². The van der Waals surface area contributed by atoms with E-state index in [1.54, 1.807) is 6.92 Å². The molecule has 1 N–H and O–H groups in total. The number of aryl methyl sites for hydroxylation is 1. The average Bonchev–Trinajstić information content (AvgIpc) is 2.55. The summed E-state index contributed by atoms with van der Waals surface area (Å²) >= 11 is 0. The molecular formula is C19H20FNO3. The second-order valence-electron chi connectivity index (χ2n) is 5.45. The van der Waals surface area contributed by atoms with E-state index in [0.717, 1.165) is 11.1 Å². The maximum Gasteiger partial charge on any atom is 0.308 e. The fourth-order valence-electron chi connectivity index (χ4n) is 2.28. The van der Waals surface area contributed by atoms with E-state index in [9.17, 15) is 14.0 Å². The summed E-state index contributed by atoms with van der Waals surface area (Å²) in [5, 5.41) is 2.82. The summed E-state index contributed by atoms with van der Waals surface area (Å²) < 4.78 is 18.0. The molecule has 0 heterocycles. The van der Waals surface area contributed by atoms with E-state index in [1.807, 2.05) is 31.2 Å². The summed E-state index contributed by atoms with van der Waals surface area (Å²) in [6.45, 7) is 3.97. The zero-order valence-electron chi connectivity index (χ0n) is 13.7. The molecule has 0 bridgehead atoms. The number of carbonyl (C=O) groups excluding carboxylic acids is 2. The minimum absolute atomic E-state index is 0.0316. The monoisotopic (exact) mass is 329 g/mol. The lowest BCUT2D eigenvalue weighted by Crippen LogP contribution is -2.30. The van der Waals surface area contributed by atoms with Gasteiger partial charge in [-0.25, -0.2) is 4.39 Å². The number of hydrogen-bond donors (Lipinski definition) is 1. The summed E-state index contributed by atoms with van der Waals surface area (Å²) in [5.41, 5.74) is 2.22. The first-order chi connectivity index (χ1) is 11.5. The third kappa shape index (κ3) is 4.91. The van der Waals surface area contributed by atoms with Crippen LogP contribution < -0.4 is 5.32 Å². The Morgan fingerprint density at radius 1 is 1.08 bits per heavy atom. The van der Waals surface area contributed by atoms with Gasteiger partial charge >= 0.3 is 5.97 Å². The highest BCUT2D eigenvalue weighted by Gasteiger charge is 2.20. The van der Waals surface area contributed by atoms with Gasteiger partial charge in [0.15, 0.2) is 0 Å². The number of halogens is 1. The molecule has 4 nitrogen and oxygen atoms in total. The van der Waals surface area contributed by atoms with Crippen LogP contribution in [0, 0.1) is 12.7 Å². The Kier molecular flexibility index (Phi) is 6.07. The molecule has 0 unspecified atom stereocenters. The maximum absolute atomic E-state index is 13.0. The van der Waals surface area contributed by atoms with Gasteiger partial charge in [0.05, 0.1) is 19.1 Å². The van der Waals surface area contributed by atoms with Crippen LogP contribution in [0.3, 0.4) is 0 Å². The fourth-order valence-corrected chi connectivity index (χ4v) is 2.28. The van der Waals surface area contributed by atoms with Gasteiger partial charge in [-0.05, 0) is 43.7 Å². The van der Waals surface area contributed by atoms with Gasteiger partial charge in [-0.1, -0.05) is 29.8 Å². The van der Waals surface area contributed by atoms with Crippen molar-refractivity contribution in [1.29, 1.82) is 0 Å². The molecule has 0 aliphatic heterocycles. The second-order valence-corrected chi connectivity index (χ2v) is 5.45. The highest BCUT2D eigenvalue weighted by Crippen LogP contribution is 2.19. The summed E-state index contributed by atoms with van der Waals surface area (Å²) in [6, 6.07) is 12.3. The number of ether oxygens (including phenoxy) is 1. The predicted molar refractivity (Wildman–Crippen MR) is 89.0 cm³/mol. The molecule has 0 saturated heterocycles. The van der Waals surface area contributed by atoms with Crippen molar-refractivity contribution in [3.8, 4) is 0 Å². The van der Waals surface area contributed by atoms with Gasteiger partial charge < -0.3 is 10.1 Å². The highest BCUT2D eigenvalue weighted by molar-refractivity contribution is 5.94. The molecule has 0 spiro atoms. The van der Waals surface area contributed by atoms with E-state index in [0.29, 0.717) is 5.56 Å². The fraction of sp³-hybridized carbons (Fsp3) is 0.263. The van der Waals surface area contributed by atoms with E-state index >= 15 is 0 Å². The predicted octanol–water partition coefficient (Wildman–Crippen LogP) is 3.56. The Bertz CT molecular complexity index is 696. The number of nitrogens with one attached hydrogen (secondary N) is 1. The number of esters is 1. The SMILES string of the molecule is CCOC(=O)C[C@H](NC(=O)c1ccc(F)cc1)c1ccc(C)cc1. The number of carbonyl (C=O) groups is 2. The van der Waals surface area contributed by atoms with Crippen LogP contribution >= 0.6 is 0 Å². The highest BCUT2D eigenvalue weighted by atomic mass is 19.1. The third-order valence-electron chi connectivity index (χ3n) is 3.57. The molecule has 0 radical (unpaired) electrons. The Morgan fingerprint density at radius 2 is 1.71 bits per heavy atom. The van der Waals surface area contributed by atoms with Crippen molar-refractivity contribution < 1.29 is 18.7 Å². The standard InChI is InChI=1S/C19H20FNO3/c1-3-24-18(22)12-17(14-6-4-13(2)5-7-14)21-19(23)15-8-10-16(20)11-9-15/h4-11,17H,3,12H2,1-2H3,(H,21,23)/t17-/m0/s1. The lowest BCUT2D eigenvalue weighted by atomic mass is 10.0. The van der Waals surface area contributed by atoms with Crippen molar-refractivity contribution >= 4 is 11.9 Å². The zero-order chi connectivity index (χ0) is 17.5. The second kappa shape index (κ2) is 8.24. The first-order valence-electron chi connectivity index (χ1n) is 7.78. The molecule has 0 aromatic heterocycles. The number of benzene rings is 2. The van der Waals surface area contributed by atoms with Gasteiger partial charge in [0.25, 0.3) is 5.91 Å². The van der Waals surface area contributed by atoms with E-state index in [-0.39, 0.29) is 24.9 Å². The van der Waals surface area contributed by atoms with Crippen LogP contribution in [0.4, 0.5) is 4.39 Å². The molecule has 1 amide bonds. The summed E-state index contributed by atoms with van der Waals surface area (Å²) in [5.74, 6) is -1.17. The molecule has 126 valence electrons. The summed E-state index contributed by atoms with van der Waals surface area (Å²) in [7, 11) is 0. The van der Waals surface area contributed by atoms with Crippen LogP contribution in [0.15, 0.2) is 48.5 Å². The van der Waals surface area contributed by atoms with Gasteiger partial charge in [0.1, 0.15) is 5.82 Å². The van der Waals surface area contributed by atoms with Crippen molar-refractivity contribution in [3.63, 3.8) is 0 Å².